The highest BCUT2D eigenvalue weighted by atomic mass is 28.4. The van der Waals surface area contributed by atoms with Gasteiger partial charge in [-0.25, -0.2) is 0 Å². The van der Waals surface area contributed by atoms with Crippen LogP contribution in [0.5, 0.6) is 0 Å². The number of hydrogen-bond donors (Lipinski definition) is 0. The molecular weight excluding hydrogens is 354 g/mol. The first kappa shape index (κ1) is 23.2. The van der Waals surface area contributed by atoms with Crippen molar-refractivity contribution >= 4 is 20.0 Å². The first-order valence-electron chi connectivity index (χ1n) is 9.60. The van der Waals surface area contributed by atoms with Crippen LogP contribution in [0.2, 0.25) is 18.1 Å². The summed E-state index contributed by atoms with van der Waals surface area (Å²) >= 11 is 0. The fourth-order valence-corrected chi connectivity index (χ4v) is 3.25. The highest BCUT2D eigenvalue weighted by Gasteiger charge is 2.40. The van der Waals surface area contributed by atoms with Crippen molar-refractivity contribution in [3.63, 3.8) is 0 Å². The minimum absolute atomic E-state index is 0.0562. The van der Waals surface area contributed by atoms with Crippen LogP contribution < -0.4 is 0 Å². The number of hydrogen-bond acceptors (Lipinski definition) is 4. The van der Waals surface area contributed by atoms with E-state index in [1.807, 2.05) is 44.2 Å². The number of carbonyl (C=O) groups excluding carboxylic acids is 1. The second-order valence-corrected chi connectivity index (χ2v) is 13.1. The molecule has 2 atom stereocenters. The Hall–Kier alpha value is -1.88. The van der Waals surface area contributed by atoms with E-state index < -0.39 is 8.32 Å². The first-order chi connectivity index (χ1) is 12.5. The van der Waals surface area contributed by atoms with Crippen LogP contribution in [0, 0.1) is 5.92 Å². The summed E-state index contributed by atoms with van der Waals surface area (Å²) in [5, 5.41) is 4.58. The normalized spacial score (nSPS) is 15.0. The molecule has 5 heteroatoms. The Labute approximate surface area is 165 Å². The zero-order valence-electron chi connectivity index (χ0n) is 17.9. The van der Waals surface area contributed by atoms with Crippen molar-refractivity contribution in [2.24, 2.45) is 11.1 Å². The Balaban J connectivity index is 3.30. The summed E-state index contributed by atoms with van der Waals surface area (Å²) in [5.41, 5.74) is 1.81. The van der Waals surface area contributed by atoms with Gasteiger partial charge >= 0.3 is 5.97 Å². The van der Waals surface area contributed by atoms with Crippen molar-refractivity contribution in [3.05, 3.63) is 48.6 Å². The lowest BCUT2D eigenvalue weighted by molar-refractivity contribution is -0.148. The van der Waals surface area contributed by atoms with Gasteiger partial charge in [0.25, 0.3) is 8.32 Å². The third-order valence-electron chi connectivity index (χ3n) is 5.25. The Morgan fingerprint density at radius 3 is 2.33 bits per heavy atom. The van der Waals surface area contributed by atoms with E-state index in [-0.39, 0.29) is 22.8 Å². The third-order valence-corrected chi connectivity index (χ3v) is 9.41. The molecular formula is C22H35NO3Si. The molecule has 0 radical (unpaired) electrons. The summed E-state index contributed by atoms with van der Waals surface area (Å²) in [7, 11) is -2.03. The molecule has 27 heavy (non-hydrogen) atoms. The predicted molar refractivity (Wildman–Crippen MR) is 116 cm³/mol. The molecule has 0 aliphatic heterocycles. The topological polar surface area (TPSA) is 47.9 Å². The van der Waals surface area contributed by atoms with Crippen LogP contribution in [0.3, 0.4) is 0 Å². The Kier molecular flexibility index (Phi) is 8.47. The molecule has 4 nitrogen and oxygen atoms in total. The van der Waals surface area contributed by atoms with Crippen molar-refractivity contribution in [2.45, 2.75) is 65.1 Å². The molecule has 150 valence electrons. The summed E-state index contributed by atoms with van der Waals surface area (Å²) in [6, 6.07) is 9.95. The van der Waals surface area contributed by atoms with Crippen LogP contribution in [-0.4, -0.2) is 26.6 Å². The van der Waals surface area contributed by atoms with E-state index in [1.54, 1.807) is 6.08 Å². The van der Waals surface area contributed by atoms with Crippen LogP contribution in [0.15, 0.2) is 48.1 Å². The molecule has 0 aromatic heterocycles. The molecule has 1 aromatic rings. The number of rotatable bonds is 9. The Morgan fingerprint density at radius 2 is 1.85 bits per heavy atom. The molecule has 0 bridgehead atoms. The van der Waals surface area contributed by atoms with Gasteiger partial charge in [0, 0.05) is 5.92 Å². The summed E-state index contributed by atoms with van der Waals surface area (Å²) < 4.78 is 11.4. The van der Waals surface area contributed by atoms with Crippen LogP contribution >= 0.6 is 0 Å². The summed E-state index contributed by atoms with van der Waals surface area (Å²) in [6.45, 7) is 18.8. The molecule has 0 spiro atoms. The van der Waals surface area contributed by atoms with E-state index in [0.29, 0.717) is 13.0 Å². The van der Waals surface area contributed by atoms with Gasteiger partial charge in [0.2, 0.25) is 0 Å². The van der Waals surface area contributed by atoms with E-state index in [9.17, 15) is 4.79 Å². The number of ether oxygens (including phenoxy) is 1. The van der Waals surface area contributed by atoms with Crippen molar-refractivity contribution in [1.82, 2.24) is 0 Å². The second-order valence-electron chi connectivity index (χ2n) is 8.36. The van der Waals surface area contributed by atoms with Gasteiger partial charge < -0.3 is 9.26 Å². The zero-order chi connectivity index (χ0) is 20.7. The molecule has 0 aliphatic carbocycles. The lowest BCUT2D eigenvalue weighted by Gasteiger charge is -2.34. The average molecular weight is 390 g/mol. The standard InChI is InChI=1S/C22H35NO3Si/c1-9-14-19(21(24)25-10-2)20(18-15-12-11-13-16-18)17(3)23-26-27(7,8)22(4,5)6/h9,11-13,15-16,19-20H,1,10,14H2,2-8H3/b23-17+. The Morgan fingerprint density at radius 1 is 1.26 bits per heavy atom. The van der Waals surface area contributed by atoms with Gasteiger partial charge in [-0.15, -0.1) is 11.7 Å². The summed E-state index contributed by atoms with van der Waals surface area (Å²) in [5.74, 6) is -0.822. The van der Waals surface area contributed by atoms with Gasteiger partial charge in [-0.05, 0) is 44.0 Å². The minimum atomic E-state index is -2.03. The highest BCUT2D eigenvalue weighted by molar-refractivity contribution is 6.74. The fourth-order valence-electron chi connectivity index (χ4n) is 2.60. The van der Waals surface area contributed by atoms with Crippen molar-refractivity contribution in [2.75, 3.05) is 6.61 Å². The molecule has 0 saturated heterocycles. The summed E-state index contributed by atoms with van der Waals surface area (Å²) in [4.78, 5) is 12.7. The van der Waals surface area contributed by atoms with E-state index in [0.717, 1.165) is 11.3 Å². The maximum absolute atomic E-state index is 12.7. The van der Waals surface area contributed by atoms with Crippen LogP contribution in [-0.2, 0) is 14.1 Å². The molecule has 0 amide bonds. The molecule has 0 aliphatic rings. The lowest BCUT2D eigenvalue weighted by atomic mass is 9.81. The quantitative estimate of drug-likeness (QED) is 0.173. The molecule has 0 fully saturated rings. The van der Waals surface area contributed by atoms with E-state index in [2.05, 4.69) is 45.6 Å². The maximum Gasteiger partial charge on any atom is 0.310 e. The maximum atomic E-state index is 12.7. The molecule has 0 saturated carbocycles. The molecule has 0 N–H and O–H groups in total. The number of benzene rings is 1. The van der Waals surface area contributed by atoms with Crippen LogP contribution in [0.25, 0.3) is 0 Å². The Bertz CT molecular complexity index is 647. The van der Waals surface area contributed by atoms with Crippen molar-refractivity contribution in [3.8, 4) is 0 Å². The van der Waals surface area contributed by atoms with Gasteiger partial charge in [0.1, 0.15) is 0 Å². The largest absolute Gasteiger partial charge is 0.466 e. The average Bonchev–Trinajstić information content (AvgIpc) is 2.59. The SMILES string of the molecule is C=CCC(C(=O)OCC)C(/C(C)=N/O[Si](C)(C)C(C)(C)C)c1ccccc1. The van der Waals surface area contributed by atoms with Crippen molar-refractivity contribution in [1.29, 1.82) is 0 Å². The van der Waals surface area contributed by atoms with Gasteiger partial charge in [0.05, 0.1) is 18.2 Å². The van der Waals surface area contributed by atoms with Crippen LogP contribution in [0.4, 0.5) is 0 Å². The van der Waals surface area contributed by atoms with Crippen LogP contribution in [0.1, 0.15) is 52.5 Å². The first-order valence-corrected chi connectivity index (χ1v) is 12.5. The predicted octanol–water partition coefficient (Wildman–Crippen LogP) is 5.92. The number of allylic oxidation sites excluding steroid dienone is 1. The van der Waals surface area contributed by atoms with Gasteiger partial charge in [-0.2, -0.15) is 0 Å². The van der Waals surface area contributed by atoms with E-state index in [4.69, 9.17) is 9.26 Å². The lowest BCUT2D eigenvalue weighted by Crippen LogP contribution is -2.39. The number of nitrogens with zero attached hydrogens (tertiary/aromatic N) is 1. The van der Waals surface area contributed by atoms with Crippen molar-refractivity contribution < 1.29 is 14.1 Å². The fraction of sp³-hybridized carbons (Fsp3) is 0.545. The molecule has 2 unspecified atom stereocenters. The van der Waals surface area contributed by atoms with Gasteiger partial charge in [-0.1, -0.05) is 57.2 Å². The van der Waals surface area contributed by atoms with Gasteiger partial charge in [-0.3, -0.25) is 4.79 Å². The molecule has 0 heterocycles. The summed E-state index contributed by atoms with van der Waals surface area (Å²) in [6.07, 6.45) is 2.28. The number of esters is 1. The third kappa shape index (κ3) is 6.35. The van der Waals surface area contributed by atoms with Gasteiger partial charge in [0.15, 0.2) is 0 Å². The number of carbonyl (C=O) groups is 1. The number of oxime groups is 1. The molecule has 1 aromatic carbocycles. The molecule has 1 rings (SSSR count). The van der Waals surface area contributed by atoms with E-state index in [1.165, 1.54) is 0 Å². The smallest absolute Gasteiger partial charge is 0.310 e. The second kappa shape index (κ2) is 9.88. The minimum Gasteiger partial charge on any atom is -0.466 e. The highest BCUT2D eigenvalue weighted by Crippen LogP contribution is 2.37. The zero-order valence-corrected chi connectivity index (χ0v) is 18.9. The monoisotopic (exact) mass is 389 g/mol. The van der Waals surface area contributed by atoms with E-state index >= 15 is 0 Å².